The van der Waals surface area contributed by atoms with Crippen LogP contribution in [0.1, 0.15) is 77.6 Å². The Hall–Kier alpha value is -0.520. The van der Waals surface area contributed by atoms with Gasteiger partial charge < -0.3 is 0 Å². The predicted octanol–water partition coefficient (Wildman–Crippen LogP) is 6.04. The molecule has 0 aliphatic rings. The first-order valence-corrected chi connectivity index (χ1v) is 7.08. The van der Waals surface area contributed by atoms with Gasteiger partial charge in [0, 0.05) is 0 Å². The third-order valence-corrected chi connectivity index (χ3v) is 3.07. The molecule has 0 fully saturated rings. The van der Waals surface area contributed by atoms with Gasteiger partial charge in [-0.15, -0.1) is 6.58 Å². The van der Waals surface area contributed by atoms with Crippen molar-refractivity contribution in [2.75, 3.05) is 0 Å². The monoisotopic (exact) mass is 222 g/mol. The number of rotatable bonds is 12. The Labute approximate surface area is 103 Å². The molecule has 0 amide bonds. The topological polar surface area (TPSA) is 0 Å². The third-order valence-electron chi connectivity index (χ3n) is 3.07. The zero-order valence-electron chi connectivity index (χ0n) is 11.3. The van der Waals surface area contributed by atoms with E-state index in [-0.39, 0.29) is 0 Å². The third kappa shape index (κ3) is 11.6. The van der Waals surface area contributed by atoms with Crippen molar-refractivity contribution >= 4 is 0 Å². The van der Waals surface area contributed by atoms with E-state index in [0.717, 1.165) is 6.42 Å². The van der Waals surface area contributed by atoms with E-state index in [1.165, 1.54) is 69.8 Å². The van der Waals surface area contributed by atoms with Crippen molar-refractivity contribution in [1.29, 1.82) is 0 Å². The number of allylic oxidation sites excluding steroid dienone is 2. The molecule has 0 aromatic rings. The molecular weight excluding hydrogens is 192 g/mol. The van der Waals surface area contributed by atoms with Gasteiger partial charge in [0.05, 0.1) is 0 Å². The molecule has 0 saturated heterocycles. The Balaban J connectivity index is 3.14. The van der Waals surface area contributed by atoms with E-state index in [2.05, 4.69) is 20.1 Å². The largest absolute Gasteiger partial charge is 0.103 e. The number of unbranched alkanes of at least 4 members (excludes halogenated alkanes) is 7. The van der Waals surface area contributed by atoms with Crippen LogP contribution < -0.4 is 0 Å². The van der Waals surface area contributed by atoms with Crippen LogP contribution in [0.2, 0.25) is 0 Å². The summed E-state index contributed by atoms with van der Waals surface area (Å²) in [5, 5.41) is 0. The molecule has 0 atom stereocenters. The molecule has 0 radical (unpaired) electrons. The van der Waals surface area contributed by atoms with Gasteiger partial charge in [-0.3, -0.25) is 0 Å². The lowest BCUT2D eigenvalue weighted by molar-refractivity contribution is 0.598. The molecule has 16 heavy (non-hydrogen) atoms. The highest BCUT2D eigenvalue weighted by molar-refractivity contribution is 4.93. The summed E-state index contributed by atoms with van der Waals surface area (Å²) < 4.78 is 0. The maximum absolute atomic E-state index is 4.16. The minimum absolute atomic E-state index is 1.16. The van der Waals surface area contributed by atoms with E-state index in [1.54, 1.807) is 0 Å². The second-order valence-corrected chi connectivity index (χ2v) is 4.80. The van der Waals surface area contributed by atoms with Gasteiger partial charge in [0.15, 0.2) is 0 Å². The highest BCUT2D eigenvalue weighted by Crippen LogP contribution is 2.15. The quantitative estimate of drug-likeness (QED) is 0.279. The zero-order chi connectivity index (χ0) is 12.1. The van der Waals surface area contributed by atoms with E-state index < -0.39 is 0 Å². The van der Waals surface area contributed by atoms with Crippen molar-refractivity contribution in [2.45, 2.75) is 77.6 Å². The van der Waals surface area contributed by atoms with E-state index in [9.17, 15) is 0 Å². The standard InChI is InChI=1S/C16H30/c1-4-6-8-10-11-13-15-16(3)14-12-9-7-5-2/h5H,2-4,6-15H2,1H3. The fourth-order valence-electron chi connectivity index (χ4n) is 1.94. The molecular formula is C16H30. The highest BCUT2D eigenvalue weighted by Gasteiger charge is 1.95. The molecule has 0 rings (SSSR count). The summed E-state index contributed by atoms with van der Waals surface area (Å²) in [7, 11) is 0. The van der Waals surface area contributed by atoms with Crippen LogP contribution in [0.25, 0.3) is 0 Å². The molecule has 0 heterocycles. The molecule has 0 unspecified atom stereocenters. The van der Waals surface area contributed by atoms with E-state index in [0.29, 0.717) is 0 Å². The van der Waals surface area contributed by atoms with E-state index >= 15 is 0 Å². The van der Waals surface area contributed by atoms with Gasteiger partial charge in [-0.05, 0) is 38.5 Å². The summed E-state index contributed by atoms with van der Waals surface area (Å²) in [5.74, 6) is 0. The van der Waals surface area contributed by atoms with Crippen LogP contribution in [0.3, 0.4) is 0 Å². The van der Waals surface area contributed by atoms with Crippen molar-refractivity contribution in [1.82, 2.24) is 0 Å². The second kappa shape index (κ2) is 12.5. The summed E-state index contributed by atoms with van der Waals surface area (Å²) in [6, 6.07) is 0. The second-order valence-electron chi connectivity index (χ2n) is 4.80. The lowest BCUT2D eigenvalue weighted by Gasteiger charge is -2.05. The summed E-state index contributed by atoms with van der Waals surface area (Å²) in [6.45, 7) is 10.2. The molecule has 0 spiro atoms. The molecule has 0 aromatic heterocycles. The summed E-state index contributed by atoms with van der Waals surface area (Å²) in [6.07, 6.45) is 16.5. The Morgan fingerprint density at radius 3 is 2.06 bits per heavy atom. The van der Waals surface area contributed by atoms with Crippen molar-refractivity contribution in [3.05, 3.63) is 24.8 Å². The minimum atomic E-state index is 1.16. The maximum Gasteiger partial charge on any atom is -0.0323 e. The van der Waals surface area contributed by atoms with Crippen molar-refractivity contribution in [3.8, 4) is 0 Å². The van der Waals surface area contributed by atoms with Crippen LogP contribution in [-0.4, -0.2) is 0 Å². The molecule has 0 bridgehead atoms. The molecule has 94 valence electrons. The van der Waals surface area contributed by atoms with Crippen LogP contribution in [0.5, 0.6) is 0 Å². The van der Waals surface area contributed by atoms with Gasteiger partial charge in [-0.1, -0.05) is 57.3 Å². The normalized spacial score (nSPS) is 10.3. The van der Waals surface area contributed by atoms with Crippen molar-refractivity contribution in [3.63, 3.8) is 0 Å². The lowest BCUT2D eigenvalue weighted by atomic mass is 10.0. The van der Waals surface area contributed by atoms with Crippen LogP contribution in [0.15, 0.2) is 24.8 Å². The van der Waals surface area contributed by atoms with Crippen LogP contribution in [-0.2, 0) is 0 Å². The molecule has 0 nitrogen and oxygen atoms in total. The SMILES string of the molecule is C=CCCCCC(=C)CCCCCCCC. The van der Waals surface area contributed by atoms with Gasteiger partial charge >= 0.3 is 0 Å². The Morgan fingerprint density at radius 2 is 1.44 bits per heavy atom. The average Bonchev–Trinajstić information content (AvgIpc) is 2.29. The minimum Gasteiger partial charge on any atom is -0.103 e. The first-order valence-electron chi connectivity index (χ1n) is 7.08. The van der Waals surface area contributed by atoms with Crippen LogP contribution >= 0.6 is 0 Å². The maximum atomic E-state index is 4.16. The van der Waals surface area contributed by atoms with Gasteiger partial charge in [0.25, 0.3) is 0 Å². The summed E-state index contributed by atoms with van der Waals surface area (Å²) in [5.41, 5.74) is 1.46. The fourth-order valence-corrected chi connectivity index (χ4v) is 1.94. The Bertz CT molecular complexity index is 167. The fraction of sp³-hybridized carbons (Fsp3) is 0.750. The van der Waals surface area contributed by atoms with Crippen molar-refractivity contribution < 1.29 is 0 Å². The molecule has 0 N–H and O–H groups in total. The van der Waals surface area contributed by atoms with E-state index in [1.807, 2.05) is 6.08 Å². The highest BCUT2D eigenvalue weighted by atomic mass is 14.0. The molecule has 0 heteroatoms. The van der Waals surface area contributed by atoms with Gasteiger partial charge in [-0.2, -0.15) is 0 Å². The Morgan fingerprint density at radius 1 is 0.875 bits per heavy atom. The lowest BCUT2D eigenvalue weighted by Crippen LogP contribution is -1.85. The number of hydrogen-bond acceptors (Lipinski definition) is 0. The Kier molecular flexibility index (Phi) is 12.1. The number of hydrogen-bond donors (Lipinski definition) is 0. The molecule has 0 aliphatic heterocycles. The first-order chi connectivity index (χ1) is 7.81. The molecule has 0 saturated carbocycles. The van der Waals surface area contributed by atoms with Gasteiger partial charge in [0.1, 0.15) is 0 Å². The summed E-state index contributed by atoms with van der Waals surface area (Å²) >= 11 is 0. The first kappa shape index (κ1) is 15.5. The van der Waals surface area contributed by atoms with Crippen molar-refractivity contribution in [2.24, 2.45) is 0 Å². The van der Waals surface area contributed by atoms with E-state index in [4.69, 9.17) is 0 Å². The smallest absolute Gasteiger partial charge is 0.0323 e. The molecule has 0 aliphatic carbocycles. The predicted molar refractivity (Wildman–Crippen MR) is 75.8 cm³/mol. The van der Waals surface area contributed by atoms with Crippen LogP contribution in [0.4, 0.5) is 0 Å². The van der Waals surface area contributed by atoms with Gasteiger partial charge in [-0.25, -0.2) is 0 Å². The zero-order valence-corrected chi connectivity index (χ0v) is 11.3. The average molecular weight is 222 g/mol. The van der Waals surface area contributed by atoms with Gasteiger partial charge in [0.2, 0.25) is 0 Å². The molecule has 0 aromatic carbocycles. The summed E-state index contributed by atoms with van der Waals surface area (Å²) in [4.78, 5) is 0. The van der Waals surface area contributed by atoms with Crippen LogP contribution in [0, 0.1) is 0 Å².